The van der Waals surface area contributed by atoms with Crippen LogP contribution in [0.3, 0.4) is 0 Å². The molecule has 3 rings (SSSR count). The number of aromatic nitrogens is 2. The lowest BCUT2D eigenvalue weighted by atomic mass is 9.81. The first kappa shape index (κ1) is 29.0. The fraction of sp³-hybridized carbons (Fsp3) is 0.458. The third-order valence-electron chi connectivity index (χ3n) is 6.26. The van der Waals surface area contributed by atoms with Crippen molar-refractivity contribution >= 4 is 24.2 Å². The molecule has 2 N–H and O–H groups in total. The van der Waals surface area contributed by atoms with E-state index in [9.17, 15) is 22.8 Å². The van der Waals surface area contributed by atoms with Gasteiger partial charge in [-0.25, -0.2) is 0 Å². The number of aliphatic hydroxyl groups is 1. The number of anilines is 1. The van der Waals surface area contributed by atoms with Crippen LogP contribution in [0.2, 0.25) is 0 Å². The Morgan fingerprint density at radius 3 is 2.05 bits per heavy atom. The van der Waals surface area contributed by atoms with Gasteiger partial charge in [0.15, 0.2) is 6.10 Å². The molecular formula is C24H29F5N3O4P. The van der Waals surface area contributed by atoms with E-state index < -0.39 is 49.9 Å². The third kappa shape index (κ3) is 4.87. The lowest BCUT2D eigenvalue weighted by Crippen LogP contribution is -2.55. The molecule has 204 valence electrons. The first-order valence-corrected chi connectivity index (χ1v) is 13.2. The molecule has 0 fully saturated rings. The quantitative estimate of drug-likeness (QED) is 0.211. The van der Waals surface area contributed by atoms with Crippen molar-refractivity contribution in [2.75, 3.05) is 25.6 Å². The van der Waals surface area contributed by atoms with Crippen molar-refractivity contribution in [3.63, 3.8) is 0 Å². The van der Waals surface area contributed by atoms with E-state index in [2.05, 4.69) is 10.4 Å². The van der Waals surface area contributed by atoms with Crippen LogP contribution in [0.1, 0.15) is 38.3 Å². The predicted molar refractivity (Wildman–Crippen MR) is 130 cm³/mol. The van der Waals surface area contributed by atoms with Gasteiger partial charge >= 0.3 is 19.4 Å². The Hall–Kier alpha value is -2.53. The largest absolute Gasteiger partial charge is 0.416 e. The monoisotopic (exact) mass is 549 g/mol. The summed E-state index contributed by atoms with van der Waals surface area (Å²) in [6.07, 6.45) is -6.33. The molecule has 1 aromatic heterocycles. The molecule has 0 aliphatic rings. The lowest BCUT2D eigenvalue weighted by molar-refractivity contribution is -0.137. The summed E-state index contributed by atoms with van der Waals surface area (Å²) >= 11 is 0. The standard InChI is InChI=1S/C24H29F5N3O4P/c1-5-22(16-11-13-17(14-12-16)23(25,26)27,21(33)24(28,29)37(34,35-6-2)36-7-3)32-20-10-8-9-19(30-4)18(20)15-31-32/h8-15,21,30,33H,5-7H2,1-4H3. The fourth-order valence-electron chi connectivity index (χ4n) is 4.46. The van der Waals surface area contributed by atoms with Gasteiger partial charge in [0.25, 0.3) is 0 Å². The molecule has 0 saturated carbocycles. The molecule has 2 atom stereocenters. The van der Waals surface area contributed by atoms with Crippen LogP contribution in [-0.4, -0.2) is 46.9 Å². The van der Waals surface area contributed by atoms with Gasteiger partial charge in [0, 0.05) is 18.1 Å². The van der Waals surface area contributed by atoms with E-state index in [0.29, 0.717) is 16.6 Å². The lowest BCUT2D eigenvalue weighted by Gasteiger charge is -2.43. The Bertz CT molecular complexity index is 1260. The number of aliphatic hydroxyl groups excluding tert-OH is 1. The van der Waals surface area contributed by atoms with Gasteiger partial charge in [-0.1, -0.05) is 25.1 Å². The van der Waals surface area contributed by atoms with E-state index >= 15 is 8.78 Å². The maximum Gasteiger partial charge on any atom is 0.416 e. The number of alkyl halides is 5. The van der Waals surface area contributed by atoms with Gasteiger partial charge < -0.3 is 19.5 Å². The van der Waals surface area contributed by atoms with E-state index in [1.807, 2.05) is 0 Å². The van der Waals surface area contributed by atoms with Crippen molar-refractivity contribution in [1.82, 2.24) is 9.78 Å². The Labute approximate surface area is 211 Å². The molecule has 7 nitrogen and oxygen atoms in total. The molecule has 3 aromatic rings. The van der Waals surface area contributed by atoms with Crippen LogP contribution in [0, 0.1) is 0 Å². The van der Waals surface area contributed by atoms with Gasteiger partial charge in [-0.3, -0.25) is 9.25 Å². The first-order valence-electron chi connectivity index (χ1n) is 11.6. The zero-order valence-corrected chi connectivity index (χ0v) is 21.6. The molecule has 2 unspecified atom stereocenters. The van der Waals surface area contributed by atoms with Crippen molar-refractivity contribution in [3.05, 3.63) is 59.8 Å². The predicted octanol–water partition coefficient (Wildman–Crippen LogP) is 6.47. The summed E-state index contributed by atoms with van der Waals surface area (Å²) in [4.78, 5) is 0. The van der Waals surface area contributed by atoms with E-state index in [1.165, 1.54) is 27.0 Å². The number of benzene rings is 2. The third-order valence-corrected chi connectivity index (χ3v) is 8.43. The average molecular weight is 549 g/mol. The maximum atomic E-state index is 16.0. The van der Waals surface area contributed by atoms with Crippen molar-refractivity contribution in [2.24, 2.45) is 0 Å². The number of fused-ring (bicyclic) bond motifs is 1. The van der Waals surface area contributed by atoms with Crippen molar-refractivity contribution < 1.29 is 40.7 Å². The molecule has 13 heteroatoms. The highest BCUT2D eigenvalue weighted by atomic mass is 31.2. The molecule has 0 bridgehead atoms. The summed E-state index contributed by atoms with van der Waals surface area (Å²) in [6.45, 7) is 3.37. The highest BCUT2D eigenvalue weighted by Gasteiger charge is 2.65. The minimum Gasteiger partial charge on any atom is -0.388 e. The van der Waals surface area contributed by atoms with Crippen LogP contribution in [0.25, 0.3) is 10.9 Å². The minimum absolute atomic E-state index is 0.102. The van der Waals surface area contributed by atoms with Crippen molar-refractivity contribution in [3.8, 4) is 0 Å². The molecule has 0 amide bonds. The Morgan fingerprint density at radius 2 is 1.57 bits per heavy atom. The SMILES string of the molecule is CCOP(=O)(OCC)C(F)(F)C(O)C(CC)(c1ccc(C(F)(F)F)cc1)n1ncc2c(NC)cccc21. The summed E-state index contributed by atoms with van der Waals surface area (Å²) in [6, 6.07) is 8.42. The molecule has 0 radical (unpaired) electrons. The number of hydrogen-bond acceptors (Lipinski definition) is 6. The molecule has 0 aliphatic heterocycles. The van der Waals surface area contributed by atoms with Crippen molar-refractivity contribution in [1.29, 1.82) is 0 Å². The number of nitrogens with one attached hydrogen (secondary N) is 1. The summed E-state index contributed by atoms with van der Waals surface area (Å²) in [7, 11) is -3.59. The van der Waals surface area contributed by atoms with Crippen molar-refractivity contribution in [2.45, 2.75) is 50.7 Å². The molecular weight excluding hydrogens is 520 g/mol. The van der Waals surface area contributed by atoms with E-state index in [-0.39, 0.29) is 12.0 Å². The average Bonchev–Trinajstić information content (AvgIpc) is 3.29. The fourth-order valence-corrected chi connectivity index (χ4v) is 6.08. The van der Waals surface area contributed by atoms with Gasteiger partial charge in [0.1, 0.15) is 5.54 Å². The van der Waals surface area contributed by atoms with E-state index in [1.54, 1.807) is 25.2 Å². The van der Waals surface area contributed by atoms with E-state index in [4.69, 9.17) is 9.05 Å². The first-order chi connectivity index (χ1) is 17.3. The van der Waals surface area contributed by atoms with Crippen LogP contribution in [0.4, 0.5) is 27.6 Å². The topological polar surface area (TPSA) is 85.6 Å². The molecule has 1 heterocycles. The molecule has 37 heavy (non-hydrogen) atoms. The highest BCUT2D eigenvalue weighted by Crippen LogP contribution is 2.65. The second-order valence-electron chi connectivity index (χ2n) is 8.22. The number of halogens is 5. The second kappa shape index (κ2) is 10.7. The summed E-state index contributed by atoms with van der Waals surface area (Å²) < 4.78 is 96.0. The van der Waals surface area contributed by atoms with Gasteiger partial charge in [-0.2, -0.15) is 27.1 Å². The summed E-state index contributed by atoms with van der Waals surface area (Å²) in [5.41, 5.74) is -6.83. The van der Waals surface area contributed by atoms with Gasteiger partial charge in [0.2, 0.25) is 0 Å². The molecule has 2 aromatic carbocycles. The Morgan fingerprint density at radius 1 is 1.00 bits per heavy atom. The zero-order chi connectivity index (χ0) is 27.6. The molecule has 0 aliphatic carbocycles. The highest BCUT2D eigenvalue weighted by molar-refractivity contribution is 7.55. The Kier molecular flexibility index (Phi) is 8.38. The normalized spacial score (nSPS) is 15.5. The van der Waals surface area contributed by atoms with Crippen LogP contribution >= 0.6 is 7.60 Å². The minimum atomic E-state index is -5.24. The van der Waals surface area contributed by atoms with Crippen LogP contribution in [0.15, 0.2) is 48.7 Å². The number of nitrogens with zero attached hydrogens (tertiary/aromatic N) is 2. The zero-order valence-electron chi connectivity index (χ0n) is 20.7. The number of hydrogen-bond donors (Lipinski definition) is 2. The smallest absolute Gasteiger partial charge is 0.388 e. The molecule has 0 saturated heterocycles. The maximum absolute atomic E-state index is 16.0. The van der Waals surface area contributed by atoms with Gasteiger partial charge in [-0.05, 0) is 50.1 Å². The van der Waals surface area contributed by atoms with Crippen LogP contribution in [-0.2, 0) is 25.3 Å². The summed E-state index contributed by atoms with van der Waals surface area (Å²) in [5, 5.41) is 19.2. The van der Waals surface area contributed by atoms with E-state index in [0.717, 1.165) is 28.9 Å². The van der Waals surface area contributed by atoms with Gasteiger partial charge in [0.05, 0.1) is 30.5 Å². The summed E-state index contributed by atoms with van der Waals surface area (Å²) in [5.74, 6) is 0. The number of rotatable bonds is 11. The van der Waals surface area contributed by atoms with Crippen LogP contribution < -0.4 is 5.32 Å². The van der Waals surface area contributed by atoms with Crippen LogP contribution in [0.5, 0.6) is 0 Å². The second-order valence-corrected chi connectivity index (χ2v) is 10.3. The molecule has 0 spiro atoms. The van der Waals surface area contributed by atoms with Gasteiger partial charge in [-0.15, -0.1) is 0 Å². The Balaban J connectivity index is 2.36.